The highest BCUT2D eigenvalue weighted by atomic mass is 32.2. The predicted molar refractivity (Wildman–Crippen MR) is 46.0 cm³/mol. The van der Waals surface area contributed by atoms with Gasteiger partial charge in [0.15, 0.2) is 0 Å². The van der Waals surface area contributed by atoms with Crippen LogP contribution in [0.15, 0.2) is 39.5 Å². The summed E-state index contributed by atoms with van der Waals surface area (Å²) >= 11 is 3.39. The minimum absolute atomic E-state index is 1.31. The molecular weight excluding hydrogens is 160 g/mol. The SMILES string of the molecule is [C]1=CSc2ccccc2S1. The Morgan fingerprint density at radius 1 is 1.10 bits per heavy atom. The molecule has 2 rings (SSSR count). The third-order valence-electron chi connectivity index (χ3n) is 1.25. The molecule has 0 aromatic heterocycles. The fourth-order valence-electron chi connectivity index (χ4n) is 0.807. The number of thioether (sulfide) groups is 2. The molecule has 0 spiro atoms. The molecule has 1 aliphatic heterocycles. The molecule has 49 valence electrons. The van der Waals surface area contributed by atoms with E-state index < -0.39 is 0 Å². The number of benzene rings is 1. The summed E-state index contributed by atoms with van der Waals surface area (Å²) in [4.78, 5) is 2.65. The second-order valence-electron chi connectivity index (χ2n) is 1.90. The minimum atomic E-state index is 1.31. The van der Waals surface area contributed by atoms with Gasteiger partial charge in [-0.15, -0.1) is 0 Å². The van der Waals surface area contributed by atoms with Crippen LogP contribution in [0.5, 0.6) is 0 Å². The van der Waals surface area contributed by atoms with E-state index in [1.165, 1.54) is 9.79 Å². The van der Waals surface area contributed by atoms with Gasteiger partial charge in [0.1, 0.15) is 0 Å². The van der Waals surface area contributed by atoms with Gasteiger partial charge >= 0.3 is 0 Å². The maximum atomic E-state index is 3.10. The quantitative estimate of drug-likeness (QED) is 0.579. The molecule has 1 aliphatic rings. The number of hydrogen-bond acceptors (Lipinski definition) is 2. The molecule has 0 saturated heterocycles. The summed E-state index contributed by atoms with van der Waals surface area (Å²) in [6.45, 7) is 0. The largest absolute Gasteiger partial charge is 0.0957 e. The summed E-state index contributed by atoms with van der Waals surface area (Å²) in [5.41, 5.74) is 0. The van der Waals surface area contributed by atoms with Gasteiger partial charge in [-0.3, -0.25) is 0 Å². The van der Waals surface area contributed by atoms with E-state index in [0.29, 0.717) is 0 Å². The van der Waals surface area contributed by atoms with Gasteiger partial charge < -0.3 is 0 Å². The molecule has 0 fully saturated rings. The summed E-state index contributed by atoms with van der Waals surface area (Å²) in [5.74, 6) is 0. The van der Waals surface area contributed by atoms with Crippen LogP contribution >= 0.6 is 23.5 Å². The second kappa shape index (κ2) is 2.72. The van der Waals surface area contributed by atoms with Crippen LogP contribution in [0.25, 0.3) is 0 Å². The van der Waals surface area contributed by atoms with Crippen molar-refractivity contribution in [3.8, 4) is 0 Å². The first-order valence-corrected chi connectivity index (χ1v) is 4.66. The fourth-order valence-corrected chi connectivity index (χ4v) is 2.37. The Morgan fingerprint density at radius 3 is 2.70 bits per heavy atom. The minimum Gasteiger partial charge on any atom is -0.0957 e. The van der Waals surface area contributed by atoms with Gasteiger partial charge in [0.05, 0.1) is 0 Å². The molecule has 10 heavy (non-hydrogen) atoms. The highest BCUT2D eigenvalue weighted by Gasteiger charge is 2.03. The Balaban J connectivity index is 2.47. The van der Waals surface area contributed by atoms with Gasteiger partial charge in [0, 0.05) is 15.2 Å². The summed E-state index contributed by atoms with van der Waals surface area (Å²) in [7, 11) is 0. The Kier molecular flexibility index (Phi) is 1.74. The highest BCUT2D eigenvalue weighted by molar-refractivity contribution is 8.07. The third-order valence-corrected chi connectivity index (χ3v) is 3.19. The van der Waals surface area contributed by atoms with Gasteiger partial charge in [0.2, 0.25) is 0 Å². The van der Waals surface area contributed by atoms with E-state index >= 15 is 0 Å². The molecule has 1 aromatic carbocycles. The molecule has 0 aliphatic carbocycles. The van der Waals surface area contributed by atoms with Crippen molar-refractivity contribution < 1.29 is 0 Å². The average Bonchev–Trinajstić information content (AvgIpc) is 2.05. The van der Waals surface area contributed by atoms with Crippen LogP contribution in [0.1, 0.15) is 0 Å². The van der Waals surface area contributed by atoms with Crippen molar-refractivity contribution >= 4 is 23.5 Å². The van der Waals surface area contributed by atoms with Crippen LogP contribution in [0.3, 0.4) is 0 Å². The maximum absolute atomic E-state index is 3.10. The van der Waals surface area contributed by atoms with Crippen molar-refractivity contribution in [3.05, 3.63) is 35.1 Å². The van der Waals surface area contributed by atoms with Crippen molar-refractivity contribution in [2.45, 2.75) is 9.79 Å². The summed E-state index contributed by atoms with van der Waals surface area (Å²) in [6, 6.07) is 8.36. The third kappa shape index (κ3) is 1.09. The van der Waals surface area contributed by atoms with Crippen LogP contribution in [0, 0.1) is 5.41 Å². The van der Waals surface area contributed by atoms with Crippen molar-refractivity contribution in [1.29, 1.82) is 0 Å². The molecule has 1 heterocycles. The van der Waals surface area contributed by atoms with E-state index in [9.17, 15) is 0 Å². The topological polar surface area (TPSA) is 0 Å². The molecule has 0 unspecified atom stereocenters. The number of rotatable bonds is 0. The molecule has 0 amide bonds. The molecule has 0 bridgehead atoms. The lowest BCUT2D eigenvalue weighted by Crippen LogP contribution is -1.77. The van der Waals surface area contributed by atoms with E-state index in [0.717, 1.165) is 0 Å². The van der Waals surface area contributed by atoms with E-state index in [1.54, 1.807) is 23.5 Å². The Hall–Kier alpha value is -0.340. The van der Waals surface area contributed by atoms with Gasteiger partial charge in [-0.25, -0.2) is 0 Å². The lowest BCUT2D eigenvalue weighted by atomic mass is 10.4. The number of hydrogen-bond donors (Lipinski definition) is 0. The van der Waals surface area contributed by atoms with E-state index in [1.807, 2.05) is 5.41 Å². The van der Waals surface area contributed by atoms with Crippen molar-refractivity contribution in [2.75, 3.05) is 0 Å². The lowest BCUT2D eigenvalue weighted by Gasteiger charge is -2.06. The first-order valence-electron chi connectivity index (χ1n) is 2.96. The van der Waals surface area contributed by atoms with Crippen molar-refractivity contribution in [2.24, 2.45) is 0 Å². The van der Waals surface area contributed by atoms with E-state index in [2.05, 4.69) is 29.7 Å². The zero-order valence-electron chi connectivity index (χ0n) is 5.20. The monoisotopic (exact) mass is 165 g/mol. The molecule has 0 atom stereocenters. The fraction of sp³-hybridized carbons (Fsp3) is 0. The van der Waals surface area contributed by atoms with Gasteiger partial charge in [-0.05, 0) is 17.5 Å². The maximum Gasteiger partial charge on any atom is 0.0334 e. The van der Waals surface area contributed by atoms with Crippen molar-refractivity contribution in [1.82, 2.24) is 0 Å². The highest BCUT2D eigenvalue weighted by Crippen LogP contribution is 2.36. The van der Waals surface area contributed by atoms with Gasteiger partial charge in [0.25, 0.3) is 0 Å². The predicted octanol–water partition coefficient (Wildman–Crippen LogP) is 3.16. The smallest absolute Gasteiger partial charge is 0.0334 e. The molecular formula is C8H5S2. The molecule has 2 heteroatoms. The molecule has 1 aromatic rings. The zero-order chi connectivity index (χ0) is 6.81. The first kappa shape index (κ1) is 6.38. The van der Waals surface area contributed by atoms with Crippen LogP contribution < -0.4 is 0 Å². The van der Waals surface area contributed by atoms with Gasteiger partial charge in [-0.1, -0.05) is 35.7 Å². The molecule has 0 nitrogen and oxygen atoms in total. The number of fused-ring (bicyclic) bond motifs is 1. The van der Waals surface area contributed by atoms with Crippen LogP contribution in [0.2, 0.25) is 0 Å². The molecule has 0 N–H and O–H groups in total. The standard InChI is InChI=1S/C8H5S2/c1-2-4-8-7(3-1)9-5-6-10-8/h1-5H. The zero-order valence-corrected chi connectivity index (χ0v) is 6.84. The van der Waals surface area contributed by atoms with E-state index in [4.69, 9.17) is 0 Å². The molecule has 0 saturated carbocycles. The van der Waals surface area contributed by atoms with Crippen LogP contribution in [-0.4, -0.2) is 0 Å². The molecule has 1 radical (unpaired) electrons. The summed E-state index contributed by atoms with van der Waals surface area (Å²) < 4.78 is 0. The van der Waals surface area contributed by atoms with E-state index in [-0.39, 0.29) is 0 Å². The second-order valence-corrected chi connectivity index (χ2v) is 3.69. The summed E-state index contributed by atoms with van der Waals surface area (Å²) in [6.07, 6.45) is 0. The lowest BCUT2D eigenvalue weighted by molar-refractivity contribution is 1.26. The van der Waals surface area contributed by atoms with Crippen molar-refractivity contribution in [3.63, 3.8) is 0 Å². The normalized spacial score (nSPS) is 14.8. The summed E-state index contributed by atoms with van der Waals surface area (Å²) in [5, 5.41) is 5.09. The van der Waals surface area contributed by atoms with Gasteiger partial charge in [-0.2, -0.15) is 0 Å². The Labute approximate surface area is 68.7 Å². The average molecular weight is 165 g/mol. The van der Waals surface area contributed by atoms with Crippen LogP contribution in [0.4, 0.5) is 0 Å². The Morgan fingerprint density at radius 2 is 1.90 bits per heavy atom. The van der Waals surface area contributed by atoms with Crippen LogP contribution in [-0.2, 0) is 0 Å². The Bertz CT molecular complexity index is 239. The first-order chi connectivity index (χ1) is 4.97.